The van der Waals surface area contributed by atoms with Crippen molar-refractivity contribution < 1.29 is 33.0 Å². The Labute approximate surface area is 157 Å². The Balaban J connectivity index is 2.09. The highest BCUT2D eigenvalue weighted by molar-refractivity contribution is 6.30. The van der Waals surface area contributed by atoms with Gasteiger partial charge in [0.2, 0.25) is 0 Å². The lowest BCUT2D eigenvalue weighted by Crippen LogP contribution is -2.44. The van der Waals surface area contributed by atoms with Gasteiger partial charge in [-0.05, 0) is 35.4 Å². The van der Waals surface area contributed by atoms with Crippen LogP contribution in [0.3, 0.4) is 0 Å². The zero-order chi connectivity index (χ0) is 20.2. The minimum atomic E-state index is -4.54. The third kappa shape index (κ3) is 5.70. The van der Waals surface area contributed by atoms with Gasteiger partial charge in [-0.1, -0.05) is 35.9 Å². The number of aliphatic hydroxyl groups excluding tert-OH is 1. The van der Waals surface area contributed by atoms with Crippen LogP contribution in [0.15, 0.2) is 48.5 Å². The fourth-order valence-electron chi connectivity index (χ4n) is 2.36. The van der Waals surface area contributed by atoms with E-state index in [0.717, 1.165) is 24.3 Å². The van der Waals surface area contributed by atoms with Crippen LogP contribution in [0.25, 0.3) is 0 Å². The number of alkyl halides is 3. The smallest absolute Gasteiger partial charge is 0.416 e. The summed E-state index contributed by atoms with van der Waals surface area (Å²) in [4.78, 5) is 23.5. The molecule has 0 radical (unpaired) electrons. The third-order valence-corrected chi connectivity index (χ3v) is 3.98. The minimum absolute atomic E-state index is 0.0820. The second kappa shape index (κ2) is 8.41. The van der Waals surface area contributed by atoms with Crippen LogP contribution < -0.4 is 5.32 Å². The Hall–Kier alpha value is -2.58. The van der Waals surface area contributed by atoms with Crippen LogP contribution in [0, 0.1) is 0 Å². The maximum atomic E-state index is 12.6. The molecule has 144 valence electrons. The van der Waals surface area contributed by atoms with E-state index in [-0.39, 0.29) is 12.0 Å². The quantitative estimate of drug-likeness (QED) is 0.693. The Bertz CT molecular complexity index is 824. The molecular weight excluding hydrogens is 387 g/mol. The van der Waals surface area contributed by atoms with E-state index in [1.165, 1.54) is 6.07 Å². The van der Waals surface area contributed by atoms with Crippen molar-refractivity contribution in [3.8, 4) is 0 Å². The number of carboxylic acid groups (broad SMARTS) is 1. The summed E-state index contributed by atoms with van der Waals surface area (Å²) in [5.74, 6) is -2.37. The van der Waals surface area contributed by atoms with Gasteiger partial charge in [0, 0.05) is 11.4 Å². The predicted molar refractivity (Wildman–Crippen MR) is 91.1 cm³/mol. The molecule has 2 rings (SSSR count). The molecule has 0 spiro atoms. The van der Waals surface area contributed by atoms with E-state index in [2.05, 4.69) is 5.32 Å². The molecule has 0 aliphatic heterocycles. The number of rotatable bonds is 6. The number of hydrogen-bond acceptors (Lipinski definition) is 3. The lowest BCUT2D eigenvalue weighted by molar-refractivity contribution is -0.143. The summed E-state index contributed by atoms with van der Waals surface area (Å²) in [6, 6.07) is 8.41. The highest BCUT2D eigenvalue weighted by Gasteiger charge is 2.31. The van der Waals surface area contributed by atoms with Crippen molar-refractivity contribution in [3.63, 3.8) is 0 Å². The van der Waals surface area contributed by atoms with Crippen molar-refractivity contribution in [1.29, 1.82) is 0 Å². The maximum absolute atomic E-state index is 12.6. The van der Waals surface area contributed by atoms with Crippen LogP contribution in [0.4, 0.5) is 13.2 Å². The lowest BCUT2D eigenvalue weighted by atomic mass is 10.0. The number of carbonyl (C=O) groups is 2. The Kier molecular flexibility index (Phi) is 6.45. The number of nitrogens with one attached hydrogen (secondary N) is 1. The van der Waals surface area contributed by atoms with Crippen LogP contribution in [-0.4, -0.2) is 28.1 Å². The number of halogens is 4. The first-order chi connectivity index (χ1) is 12.6. The molecule has 0 fully saturated rings. The molecule has 0 bridgehead atoms. The molecule has 0 aliphatic rings. The first-order valence-electron chi connectivity index (χ1n) is 7.71. The van der Waals surface area contributed by atoms with Crippen LogP contribution in [-0.2, 0) is 22.2 Å². The highest BCUT2D eigenvalue weighted by atomic mass is 35.5. The largest absolute Gasteiger partial charge is 0.480 e. The van der Waals surface area contributed by atoms with Gasteiger partial charge in [0.1, 0.15) is 6.04 Å². The van der Waals surface area contributed by atoms with E-state index in [9.17, 15) is 33.0 Å². The lowest BCUT2D eigenvalue weighted by Gasteiger charge is -2.18. The van der Waals surface area contributed by atoms with Gasteiger partial charge in [0.05, 0.1) is 5.56 Å². The van der Waals surface area contributed by atoms with Crippen molar-refractivity contribution in [2.45, 2.75) is 24.7 Å². The van der Waals surface area contributed by atoms with Crippen molar-refractivity contribution in [2.75, 3.05) is 0 Å². The zero-order valence-electron chi connectivity index (χ0n) is 13.7. The summed E-state index contributed by atoms with van der Waals surface area (Å²) in [5, 5.41) is 21.9. The second-order valence-electron chi connectivity index (χ2n) is 5.76. The summed E-state index contributed by atoms with van der Waals surface area (Å²) < 4.78 is 37.7. The Morgan fingerprint density at radius 2 is 1.74 bits per heavy atom. The summed E-state index contributed by atoms with van der Waals surface area (Å²) >= 11 is 5.83. The molecule has 3 N–H and O–H groups in total. The highest BCUT2D eigenvalue weighted by Crippen LogP contribution is 2.30. The predicted octanol–water partition coefficient (Wildman–Crippen LogP) is 3.20. The molecular formula is C18H15ClF3NO4. The van der Waals surface area contributed by atoms with E-state index < -0.39 is 35.8 Å². The van der Waals surface area contributed by atoms with Crippen molar-refractivity contribution in [1.82, 2.24) is 5.32 Å². The molecule has 5 nitrogen and oxygen atoms in total. The molecule has 0 aromatic heterocycles. The molecule has 0 saturated carbocycles. The molecule has 9 heteroatoms. The first-order valence-corrected chi connectivity index (χ1v) is 8.08. The van der Waals surface area contributed by atoms with Crippen molar-refractivity contribution in [3.05, 3.63) is 70.2 Å². The fraction of sp³-hybridized carbons (Fsp3) is 0.222. The van der Waals surface area contributed by atoms with Gasteiger partial charge >= 0.3 is 12.1 Å². The molecule has 1 amide bonds. The van der Waals surface area contributed by atoms with Crippen molar-refractivity contribution in [2.24, 2.45) is 0 Å². The standard InChI is InChI=1S/C18H15ClF3NO4/c19-13-3-1-2-10(8-13)9-14(17(26)27)23-16(25)15(24)11-4-6-12(7-5-11)18(20,21)22/h1-8,14-15,24H,9H2,(H,23,25)(H,26,27)/t14-,15+/m1/s1. The van der Waals surface area contributed by atoms with E-state index in [0.29, 0.717) is 10.6 Å². The minimum Gasteiger partial charge on any atom is -0.480 e. The van der Waals surface area contributed by atoms with Gasteiger partial charge in [0.25, 0.3) is 5.91 Å². The third-order valence-electron chi connectivity index (χ3n) is 3.75. The number of carbonyl (C=O) groups excluding carboxylic acids is 1. The number of aliphatic hydroxyl groups is 1. The van der Waals surface area contributed by atoms with Gasteiger partial charge in [-0.25, -0.2) is 4.79 Å². The number of amides is 1. The van der Waals surface area contributed by atoms with Crippen LogP contribution >= 0.6 is 11.6 Å². The van der Waals surface area contributed by atoms with E-state index in [1.807, 2.05) is 0 Å². The van der Waals surface area contributed by atoms with Gasteiger partial charge in [-0.3, -0.25) is 4.79 Å². The zero-order valence-corrected chi connectivity index (χ0v) is 14.5. The number of carboxylic acids is 1. The van der Waals surface area contributed by atoms with E-state index in [4.69, 9.17) is 11.6 Å². The Morgan fingerprint density at radius 1 is 1.11 bits per heavy atom. The van der Waals surface area contributed by atoms with Crippen LogP contribution in [0.2, 0.25) is 5.02 Å². The van der Waals surface area contributed by atoms with E-state index >= 15 is 0 Å². The van der Waals surface area contributed by atoms with E-state index in [1.54, 1.807) is 18.2 Å². The number of benzene rings is 2. The van der Waals surface area contributed by atoms with Crippen LogP contribution in [0.1, 0.15) is 22.8 Å². The normalized spacial score (nSPS) is 13.7. The molecule has 0 unspecified atom stereocenters. The summed E-state index contributed by atoms with van der Waals surface area (Å²) in [7, 11) is 0. The summed E-state index contributed by atoms with van der Waals surface area (Å²) in [6.07, 6.45) is -6.44. The van der Waals surface area contributed by atoms with Gasteiger partial charge in [0.15, 0.2) is 6.10 Å². The average Bonchev–Trinajstić information content (AvgIpc) is 2.59. The first kappa shape index (κ1) is 20.7. The second-order valence-corrected chi connectivity index (χ2v) is 6.19. The summed E-state index contributed by atoms with van der Waals surface area (Å²) in [5.41, 5.74) is -0.463. The van der Waals surface area contributed by atoms with Gasteiger partial charge < -0.3 is 15.5 Å². The average molecular weight is 402 g/mol. The molecule has 2 aromatic carbocycles. The maximum Gasteiger partial charge on any atom is 0.416 e. The molecule has 2 aromatic rings. The molecule has 0 heterocycles. The molecule has 0 saturated heterocycles. The topological polar surface area (TPSA) is 86.6 Å². The van der Waals surface area contributed by atoms with Crippen LogP contribution in [0.5, 0.6) is 0 Å². The fourth-order valence-corrected chi connectivity index (χ4v) is 2.57. The summed E-state index contributed by atoms with van der Waals surface area (Å²) in [6.45, 7) is 0. The Morgan fingerprint density at radius 3 is 2.26 bits per heavy atom. The molecule has 2 atom stereocenters. The van der Waals surface area contributed by atoms with Crippen molar-refractivity contribution >= 4 is 23.5 Å². The SMILES string of the molecule is O=C(N[C@H](Cc1cccc(Cl)c1)C(=O)O)[C@@H](O)c1ccc(C(F)(F)F)cc1. The number of hydrogen-bond donors (Lipinski definition) is 3. The molecule has 27 heavy (non-hydrogen) atoms. The molecule has 0 aliphatic carbocycles. The van der Waals surface area contributed by atoms with Gasteiger partial charge in [-0.2, -0.15) is 13.2 Å². The van der Waals surface area contributed by atoms with Gasteiger partial charge in [-0.15, -0.1) is 0 Å². The number of aliphatic carboxylic acids is 1. The monoisotopic (exact) mass is 401 g/mol.